The van der Waals surface area contributed by atoms with E-state index in [1.807, 2.05) is 0 Å². The molecule has 0 radical (unpaired) electrons. The molecule has 0 bridgehead atoms. The van der Waals surface area contributed by atoms with E-state index in [-0.39, 0.29) is 17.7 Å². The van der Waals surface area contributed by atoms with Crippen LogP contribution in [0, 0.1) is 5.41 Å². The molecule has 0 atom stereocenters. The van der Waals surface area contributed by atoms with Gasteiger partial charge in [0.05, 0.1) is 6.61 Å². The van der Waals surface area contributed by atoms with E-state index in [9.17, 15) is 9.59 Å². The van der Waals surface area contributed by atoms with Crippen LogP contribution in [0.5, 0.6) is 0 Å². The molecule has 4 nitrogen and oxygen atoms in total. The highest BCUT2D eigenvalue weighted by molar-refractivity contribution is 5.94. The molecule has 16 heavy (non-hydrogen) atoms. The Kier molecular flexibility index (Phi) is 6.77. The van der Waals surface area contributed by atoms with Gasteiger partial charge in [-0.3, -0.25) is 9.59 Å². The number of hydrogen-bond donors (Lipinski definition) is 1. The Balaban J connectivity index is 3.85. The molecule has 0 aromatic heterocycles. The van der Waals surface area contributed by atoms with Crippen molar-refractivity contribution in [2.45, 2.75) is 47.0 Å². The first-order chi connectivity index (χ1) is 7.41. The van der Waals surface area contributed by atoms with Crippen molar-refractivity contribution in [3.8, 4) is 0 Å². The van der Waals surface area contributed by atoms with Crippen LogP contribution >= 0.6 is 0 Å². The van der Waals surface area contributed by atoms with Gasteiger partial charge in [-0.1, -0.05) is 27.2 Å². The molecule has 0 aromatic rings. The highest BCUT2D eigenvalue weighted by Crippen LogP contribution is 2.20. The van der Waals surface area contributed by atoms with Crippen LogP contribution in [0.15, 0.2) is 0 Å². The normalized spacial score (nSPS) is 11.0. The largest absolute Gasteiger partial charge is 0.466 e. The van der Waals surface area contributed by atoms with Crippen molar-refractivity contribution in [2.24, 2.45) is 5.41 Å². The zero-order valence-corrected chi connectivity index (χ0v) is 10.8. The zero-order valence-electron chi connectivity index (χ0n) is 10.8. The topological polar surface area (TPSA) is 55.4 Å². The zero-order chi connectivity index (χ0) is 12.6. The lowest BCUT2D eigenvalue weighted by Crippen LogP contribution is -2.35. The van der Waals surface area contributed by atoms with Gasteiger partial charge in [0, 0.05) is 6.54 Å². The first-order valence-electron chi connectivity index (χ1n) is 5.83. The van der Waals surface area contributed by atoms with E-state index in [0.29, 0.717) is 13.2 Å². The van der Waals surface area contributed by atoms with E-state index in [2.05, 4.69) is 26.1 Å². The molecule has 0 spiro atoms. The first-order valence-corrected chi connectivity index (χ1v) is 5.83. The van der Waals surface area contributed by atoms with Gasteiger partial charge in [-0.2, -0.15) is 0 Å². The van der Waals surface area contributed by atoms with Crippen LogP contribution in [0.2, 0.25) is 0 Å². The molecule has 0 aliphatic heterocycles. The summed E-state index contributed by atoms with van der Waals surface area (Å²) >= 11 is 0. The van der Waals surface area contributed by atoms with Gasteiger partial charge in [0.2, 0.25) is 5.91 Å². The average molecular weight is 229 g/mol. The van der Waals surface area contributed by atoms with Gasteiger partial charge >= 0.3 is 5.97 Å². The van der Waals surface area contributed by atoms with E-state index >= 15 is 0 Å². The lowest BCUT2D eigenvalue weighted by atomic mass is 9.88. The average Bonchev–Trinajstić information content (AvgIpc) is 2.15. The summed E-state index contributed by atoms with van der Waals surface area (Å²) in [5.74, 6) is -0.726. The second kappa shape index (κ2) is 7.25. The third-order valence-electron chi connectivity index (χ3n) is 2.30. The lowest BCUT2D eigenvalue weighted by molar-refractivity contribution is -0.146. The van der Waals surface area contributed by atoms with Gasteiger partial charge in [0.1, 0.15) is 6.42 Å². The van der Waals surface area contributed by atoms with Crippen LogP contribution in [0.25, 0.3) is 0 Å². The summed E-state index contributed by atoms with van der Waals surface area (Å²) in [6, 6.07) is 0. The fourth-order valence-electron chi connectivity index (χ4n) is 1.51. The predicted molar refractivity (Wildman–Crippen MR) is 62.9 cm³/mol. The predicted octanol–water partition coefficient (Wildman–Crippen LogP) is 1.88. The molecule has 0 aromatic carbocycles. The summed E-state index contributed by atoms with van der Waals surface area (Å²) in [4.78, 5) is 22.4. The molecule has 94 valence electrons. The first kappa shape index (κ1) is 14.9. The Morgan fingerprint density at radius 2 is 1.88 bits per heavy atom. The molecular weight excluding hydrogens is 206 g/mol. The molecule has 0 fully saturated rings. The fourth-order valence-corrected chi connectivity index (χ4v) is 1.51. The minimum Gasteiger partial charge on any atom is -0.466 e. The molecule has 0 saturated heterocycles. The quantitative estimate of drug-likeness (QED) is 0.535. The number of esters is 1. The van der Waals surface area contributed by atoms with Gasteiger partial charge in [-0.05, 0) is 18.8 Å². The lowest BCUT2D eigenvalue weighted by Gasteiger charge is -2.24. The molecular formula is C12H23NO3. The Bertz CT molecular complexity index is 236. The summed E-state index contributed by atoms with van der Waals surface area (Å²) in [6.07, 6.45) is 1.95. The van der Waals surface area contributed by atoms with E-state index in [4.69, 9.17) is 4.74 Å². The number of amides is 1. The second-order valence-electron chi connectivity index (χ2n) is 4.67. The summed E-state index contributed by atoms with van der Waals surface area (Å²) in [6.45, 7) is 8.94. The second-order valence-corrected chi connectivity index (χ2v) is 4.67. The van der Waals surface area contributed by atoms with Gasteiger partial charge in [-0.25, -0.2) is 0 Å². The number of hydrogen-bond acceptors (Lipinski definition) is 3. The van der Waals surface area contributed by atoms with Crippen LogP contribution in [-0.2, 0) is 14.3 Å². The number of ether oxygens (including phenoxy) is 1. The summed E-state index contributed by atoms with van der Waals surface area (Å²) < 4.78 is 4.69. The molecule has 0 rings (SSSR count). The van der Waals surface area contributed by atoms with E-state index in [1.165, 1.54) is 0 Å². The van der Waals surface area contributed by atoms with Gasteiger partial charge in [-0.15, -0.1) is 0 Å². The van der Waals surface area contributed by atoms with E-state index in [1.54, 1.807) is 6.92 Å². The number of rotatable bonds is 7. The maximum Gasteiger partial charge on any atom is 0.315 e. The van der Waals surface area contributed by atoms with Crippen molar-refractivity contribution >= 4 is 11.9 Å². The van der Waals surface area contributed by atoms with Crippen molar-refractivity contribution < 1.29 is 14.3 Å². The highest BCUT2D eigenvalue weighted by atomic mass is 16.5. The van der Waals surface area contributed by atoms with Crippen LogP contribution in [0.1, 0.15) is 47.0 Å². The maximum atomic E-state index is 11.4. The Morgan fingerprint density at radius 3 is 2.38 bits per heavy atom. The van der Waals surface area contributed by atoms with Crippen LogP contribution in [-0.4, -0.2) is 25.0 Å². The Labute approximate surface area is 97.7 Å². The van der Waals surface area contributed by atoms with Crippen molar-refractivity contribution in [3.05, 3.63) is 0 Å². The monoisotopic (exact) mass is 229 g/mol. The van der Waals surface area contributed by atoms with Gasteiger partial charge in [0.25, 0.3) is 0 Å². The van der Waals surface area contributed by atoms with Crippen molar-refractivity contribution in [3.63, 3.8) is 0 Å². The third kappa shape index (κ3) is 7.26. The minimum absolute atomic E-state index is 0.0824. The molecule has 0 aliphatic carbocycles. The van der Waals surface area contributed by atoms with Crippen molar-refractivity contribution in [1.29, 1.82) is 0 Å². The highest BCUT2D eigenvalue weighted by Gasteiger charge is 2.18. The van der Waals surface area contributed by atoms with Crippen LogP contribution < -0.4 is 5.32 Å². The molecule has 0 unspecified atom stereocenters. The number of nitrogens with one attached hydrogen (secondary N) is 1. The SMILES string of the molecule is CCCC(C)(C)CNC(=O)CC(=O)OCC. The van der Waals surface area contributed by atoms with Crippen LogP contribution in [0.4, 0.5) is 0 Å². The summed E-state index contributed by atoms with van der Waals surface area (Å²) in [5.41, 5.74) is 0.0824. The molecule has 0 saturated carbocycles. The molecule has 1 amide bonds. The van der Waals surface area contributed by atoms with Crippen molar-refractivity contribution in [1.82, 2.24) is 5.32 Å². The third-order valence-corrected chi connectivity index (χ3v) is 2.30. The smallest absolute Gasteiger partial charge is 0.315 e. The number of carbonyl (C=O) groups is 2. The summed E-state index contributed by atoms with van der Waals surface area (Å²) in [7, 11) is 0. The van der Waals surface area contributed by atoms with Gasteiger partial charge in [0.15, 0.2) is 0 Å². The fraction of sp³-hybridized carbons (Fsp3) is 0.833. The molecule has 1 N–H and O–H groups in total. The van der Waals surface area contributed by atoms with E-state index in [0.717, 1.165) is 12.8 Å². The van der Waals surface area contributed by atoms with E-state index < -0.39 is 5.97 Å². The number of carbonyl (C=O) groups excluding carboxylic acids is 2. The van der Waals surface area contributed by atoms with Gasteiger partial charge < -0.3 is 10.1 Å². The van der Waals surface area contributed by atoms with Crippen molar-refractivity contribution in [2.75, 3.05) is 13.2 Å². The standard InChI is InChI=1S/C12H23NO3/c1-5-7-12(3,4)9-13-10(14)8-11(15)16-6-2/h5-9H2,1-4H3,(H,13,14). The summed E-state index contributed by atoms with van der Waals surface area (Å²) in [5, 5.41) is 2.76. The molecule has 4 heteroatoms. The minimum atomic E-state index is -0.465. The molecule has 0 aliphatic rings. The molecule has 0 heterocycles. The van der Waals surface area contributed by atoms with Crippen LogP contribution in [0.3, 0.4) is 0 Å². The Hall–Kier alpha value is -1.06. The maximum absolute atomic E-state index is 11.4. The Morgan fingerprint density at radius 1 is 1.25 bits per heavy atom.